The summed E-state index contributed by atoms with van der Waals surface area (Å²) in [6.07, 6.45) is 3.23. The fraction of sp³-hybridized carbons (Fsp3) is 0.857. The minimum absolute atomic E-state index is 0.0440. The SMILES string of the molecule is CN[C@H]1CCCCNC1=O. The third-order valence-electron chi connectivity index (χ3n) is 1.88. The number of likely N-dealkylation sites (N-methyl/N-ethyl adjacent to an activating group) is 1. The van der Waals surface area contributed by atoms with Gasteiger partial charge in [-0.2, -0.15) is 0 Å². The van der Waals surface area contributed by atoms with Crippen molar-refractivity contribution in [3.63, 3.8) is 0 Å². The molecule has 0 unspecified atom stereocenters. The van der Waals surface area contributed by atoms with Crippen LogP contribution >= 0.6 is 0 Å². The van der Waals surface area contributed by atoms with Crippen LogP contribution in [0, 0.1) is 0 Å². The van der Waals surface area contributed by atoms with E-state index in [4.69, 9.17) is 0 Å². The topological polar surface area (TPSA) is 41.1 Å². The predicted octanol–water partition coefficient (Wildman–Crippen LogP) is -0.126. The maximum absolute atomic E-state index is 11.1. The molecule has 3 nitrogen and oxygen atoms in total. The summed E-state index contributed by atoms with van der Waals surface area (Å²) in [6.45, 7) is 0.844. The van der Waals surface area contributed by atoms with E-state index >= 15 is 0 Å². The van der Waals surface area contributed by atoms with Gasteiger partial charge in [0, 0.05) is 6.54 Å². The molecule has 0 aromatic carbocycles. The summed E-state index contributed by atoms with van der Waals surface area (Å²) in [5, 5.41) is 5.83. The van der Waals surface area contributed by atoms with E-state index in [2.05, 4.69) is 10.6 Å². The van der Waals surface area contributed by atoms with Gasteiger partial charge in [0.25, 0.3) is 0 Å². The second-order valence-electron chi connectivity index (χ2n) is 2.63. The van der Waals surface area contributed by atoms with Crippen molar-refractivity contribution in [1.29, 1.82) is 0 Å². The highest BCUT2D eigenvalue weighted by Gasteiger charge is 2.17. The number of hydrogen-bond donors (Lipinski definition) is 2. The normalized spacial score (nSPS) is 27.3. The van der Waals surface area contributed by atoms with Gasteiger partial charge in [-0.25, -0.2) is 0 Å². The van der Waals surface area contributed by atoms with E-state index in [0.717, 1.165) is 25.8 Å². The molecule has 3 heteroatoms. The van der Waals surface area contributed by atoms with Gasteiger partial charge in [0.1, 0.15) is 0 Å². The van der Waals surface area contributed by atoms with Crippen LogP contribution in [-0.2, 0) is 4.79 Å². The van der Waals surface area contributed by atoms with E-state index in [0.29, 0.717) is 0 Å². The Labute approximate surface area is 61.2 Å². The van der Waals surface area contributed by atoms with Crippen LogP contribution in [0.4, 0.5) is 0 Å². The Kier molecular flexibility index (Phi) is 2.68. The molecular formula is C7H14N2O. The minimum Gasteiger partial charge on any atom is -0.355 e. The fourth-order valence-electron chi connectivity index (χ4n) is 1.21. The first kappa shape index (κ1) is 7.54. The summed E-state index contributed by atoms with van der Waals surface area (Å²) in [5.41, 5.74) is 0. The predicted molar refractivity (Wildman–Crippen MR) is 39.7 cm³/mol. The van der Waals surface area contributed by atoms with E-state index in [1.54, 1.807) is 0 Å². The third-order valence-corrected chi connectivity index (χ3v) is 1.88. The fourth-order valence-corrected chi connectivity index (χ4v) is 1.21. The molecule has 0 aromatic rings. The molecule has 1 aliphatic rings. The van der Waals surface area contributed by atoms with E-state index in [9.17, 15) is 4.79 Å². The van der Waals surface area contributed by atoms with Gasteiger partial charge in [0.15, 0.2) is 0 Å². The monoisotopic (exact) mass is 142 g/mol. The van der Waals surface area contributed by atoms with Crippen LogP contribution < -0.4 is 10.6 Å². The van der Waals surface area contributed by atoms with Crippen molar-refractivity contribution in [2.24, 2.45) is 0 Å². The maximum Gasteiger partial charge on any atom is 0.237 e. The molecule has 0 radical (unpaired) electrons. The Morgan fingerprint density at radius 3 is 3.10 bits per heavy atom. The van der Waals surface area contributed by atoms with E-state index in [1.165, 1.54) is 0 Å². The van der Waals surface area contributed by atoms with Crippen LogP contribution in [0.15, 0.2) is 0 Å². The average molecular weight is 142 g/mol. The lowest BCUT2D eigenvalue weighted by Crippen LogP contribution is -2.40. The molecule has 1 saturated heterocycles. The van der Waals surface area contributed by atoms with E-state index in [-0.39, 0.29) is 11.9 Å². The van der Waals surface area contributed by atoms with Gasteiger partial charge in [-0.15, -0.1) is 0 Å². The molecule has 0 saturated carbocycles. The summed E-state index contributed by atoms with van der Waals surface area (Å²) < 4.78 is 0. The van der Waals surface area contributed by atoms with Gasteiger partial charge in [-0.1, -0.05) is 0 Å². The molecule has 0 aromatic heterocycles. The first-order valence-corrected chi connectivity index (χ1v) is 3.79. The molecule has 1 heterocycles. The molecule has 0 aliphatic carbocycles. The smallest absolute Gasteiger partial charge is 0.237 e. The molecule has 2 N–H and O–H groups in total. The Morgan fingerprint density at radius 2 is 2.40 bits per heavy atom. The van der Waals surface area contributed by atoms with Gasteiger partial charge in [0.2, 0.25) is 5.91 Å². The van der Waals surface area contributed by atoms with Gasteiger partial charge in [-0.3, -0.25) is 4.79 Å². The van der Waals surface area contributed by atoms with Crippen LogP contribution in [-0.4, -0.2) is 25.5 Å². The van der Waals surface area contributed by atoms with Crippen LogP contribution in [0.1, 0.15) is 19.3 Å². The van der Waals surface area contributed by atoms with Crippen LogP contribution in [0.5, 0.6) is 0 Å². The van der Waals surface area contributed by atoms with Gasteiger partial charge < -0.3 is 10.6 Å². The molecule has 58 valence electrons. The number of rotatable bonds is 1. The first-order valence-electron chi connectivity index (χ1n) is 3.79. The molecular weight excluding hydrogens is 128 g/mol. The summed E-state index contributed by atoms with van der Waals surface area (Å²) in [4.78, 5) is 11.1. The van der Waals surface area contributed by atoms with Crippen LogP contribution in [0.25, 0.3) is 0 Å². The first-order chi connectivity index (χ1) is 4.84. The lowest BCUT2D eigenvalue weighted by atomic mass is 10.1. The van der Waals surface area contributed by atoms with E-state index < -0.39 is 0 Å². The van der Waals surface area contributed by atoms with Crippen molar-refractivity contribution in [3.8, 4) is 0 Å². The highest BCUT2D eigenvalue weighted by atomic mass is 16.2. The highest BCUT2D eigenvalue weighted by Crippen LogP contribution is 2.03. The quantitative estimate of drug-likeness (QED) is 0.535. The third kappa shape index (κ3) is 1.70. The summed E-state index contributed by atoms with van der Waals surface area (Å²) in [5.74, 6) is 0.153. The van der Waals surface area contributed by atoms with Crippen LogP contribution in [0.2, 0.25) is 0 Å². The summed E-state index contributed by atoms with van der Waals surface area (Å²) in [6, 6.07) is 0.0440. The molecule has 1 atom stereocenters. The largest absolute Gasteiger partial charge is 0.355 e. The number of nitrogens with one attached hydrogen (secondary N) is 2. The number of carbonyl (C=O) groups excluding carboxylic acids is 1. The second kappa shape index (κ2) is 3.56. The number of amides is 1. The average Bonchev–Trinajstić information content (AvgIpc) is 2.13. The van der Waals surface area contributed by atoms with Crippen molar-refractivity contribution >= 4 is 5.91 Å². The molecule has 1 amide bonds. The Bertz CT molecular complexity index is 125. The Balaban J connectivity index is 2.43. The minimum atomic E-state index is 0.0440. The lowest BCUT2D eigenvalue weighted by Gasteiger charge is -2.10. The van der Waals surface area contributed by atoms with Gasteiger partial charge in [-0.05, 0) is 26.3 Å². The van der Waals surface area contributed by atoms with Gasteiger partial charge in [0.05, 0.1) is 6.04 Å². The van der Waals surface area contributed by atoms with Crippen molar-refractivity contribution < 1.29 is 4.79 Å². The number of carbonyl (C=O) groups is 1. The van der Waals surface area contributed by atoms with Crippen molar-refractivity contribution in [3.05, 3.63) is 0 Å². The van der Waals surface area contributed by atoms with Crippen LogP contribution in [0.3, 0.4) is 0 Å². The van der Waals surface area contributed by atoms with Crippen molar-refractivity contribution in [2.45, 2.75) is 25.3 Å². The molecule has 0 spiro atoms. The van der Waals surface area contributed by atoms with Gasteiger partial charge >= 0.3 is 0 Å². The zero-order chi connectivity index (χ0) is 7.40. The molecule has 1 rings (SSSR count). The highest BCUT2D eigenvalue weighted by molar-refractivity contribution is 5.81. The Morgan fingerprint density at radius 1 is 1.60 bits per heavy atom. The summed E-state index contributed by atoms with van der Waals surface area (Å²) in [7, 11) is 1.83. The van der Waals surface area contributed by atoms with Crippen molar-refractivity contribution in [2.75, 3.05) is 13.6 Å². The molecule has 0 bridgehead atoms. The summed E-state index contributed by atoms with van der Waals surface area (Å²) >= 11 is 0. The molecule has 1 fully saturated rings. The standard InChI is InChI=1S/C7H14N2O/c1-8-6-4-2-3-5-9-7(6)10/h6,8H,2-5H2,1H3,(H,9,10)/t6-/m0/s1. The maximum atomic E-state index is 11.1. The zero-order valence-electron chi connectivity index (χ0n) is 6.31. The second-order valence-corrected chi connectivity index (χ2v) is 2.63. The zero-order valence-corrected chi connectivity index (χ0v) is 6.31. The molecule has 1 aliphatic heterocycles. The lowest BCUT2D eigenvalue weighted by molar-refractivity contribution is -0.122. The number of hydrogen-bond acceptors (Lipinski definition) is 2. The van der Waals surface area contributed by atoms with Crippen molar-refractivity contribution in [1.82, 2.24) is 10.6 Å². The Hall–Kier alpha value is -0.570. The molecule has 10 heavy (non-hydrogen) atoms. The van der Waals surface area contributed by atoms with E-state index in [1.807, 2.05) is 7.05 Å².